The molecule has 0 amide bonds. The van der Waals surface area contributed by atoms with E-state index in [1.807, 2.05) is 19.1 Å². The Kier molecular flexibility index (Phi) is 2.92. The molecule has 0 aromatic carbocycles. The van der Waals surface area contributed by atoms with Gasteiger partial charge in [-0.05, 0) is 36.2 Å². The summed E-state index contributed by atoms with van der Waals surface area (Å²) in [6.45, 7) is 1.96. The van der Waals surface area contributed by atoms with Crippen molar-refractivity contribution in [3.8, 4) is 11.5 Å². The number of halogens is 1. The molecule has 2 heterocycles. The first-order valence-electron chi connectivity index (χ1n) is 4.62. The first-order valence-corrected chi connectivity index (χ1v) is 4.99. The maximum atomic E-state index is 10.8. The third-order valence-electron chi connectivity index (χ3n) is 2.02. The number of nitrogens with zero attached hydrogens (tertiary/aromatic N) is 3. The van der Waals surface area contributed by atoms with Gasteiger partial charge in [0, 0.05) is 18.6 Å². The predicted octanol–water partition coefficient (Wildman–Crippen LogP) is 2.23. The number of pyridine rings is 1. The zero-order chi connectivity index (χ0) is 11.5. The highest BCUT2D eigenvalue weighted by Gasteiger charge is 2.06. The Morgan fingerprint density at radius 1 is 1.25 bits per heavy atom. The molecule has 2 aromatic heterocycles. The molecular formula is C11H8ClN3O. The van der Waals surface area contributed by atoms with E-state index in [0.717, 1.165) is 5.56 Å². The fraction of sp³-hybridized carbons (Fsp3) is 0.0909. The number of carbonyl (C=O) groups is 1. The van der Waals surface area contributed by atoms with Crippen LogP contribution >= 0.6 is 11.6 Å². The molecule has 0 bridgehead atoms. The molecule has 4 nitrogen and oxygen atoms in total. The Bertz CT molecular complexity index is 525. The normalized spacial score (nSPS) is 10.1. The van der Waals surface area contributed by atoms with Crippen molar-refractivity contribution in [2.45, 2.75) is 6.92 Å². The topological polar surface area (TPSA) is 55.7 Å². The molecule has 0 saturated heterocycles. The van der Waals surface area contributed by atoms with Crippen LogP contribution in [0.3, 0.4) is 0 Å². The van der Waals surface area contributed by atoms with Crippen molar-refractivity contribution in [2.24, 2.45) is 0 Å². The molecule has 0 aliphatic heterocycles. The van der Waals surface area contributed by atoms with E-state index in [1.54, 1.807) is 6.20 Å². The summed E-state index contributed by atoms with van der Waals surface area (Å²) in [7, 11) is 0. The SMILES string of the molecule is Cc1ccnc(-c2ncc(C(=O)Cl)cn2)c1. The van der Waals surface area contributed by atoms with E-state index in [-0.39, 0.29) is 5.56 Å². The predicted molar refractivity (Wildman–Crippen MR) is 60.2 cm³/mol. The van der Waals surface area contributed by atoms with E-state index < -0.39 is 5.24 Å². The number of hydrogen-bond donors (Lipinski definition) is 0. The maximum Gasteiger partial charge on any atom is 0.255 e. The third kappa shape index (κ3) is 2.23. The van der Waals surface area contributed by atoms with Crippen LogP contribution in [0.4, 0.5) is 0 Å². The van der Waals surface area contributed by atoms with Gasteiger partial charge in [-0.25, -0.2) is 9.97 Å². The molecule has 80 valence electrons. The van der Waals surface area contributed by atoms with Crippen molar-refractivity contribution in [1.82, 2.24) is 15.0 Å². The summed E-state index contributed by atoms with van der Waals surface area (Å²) in [6.07, 6.45) is 4.47. The fourth-order valence-corrected chi connectivity index (χ4v) is 1.32. The first kappa shape index (κ1) is 10.7. The van der Waals surface area contributed by atoms with Gasteiger partial charge in [0.15, 0.2) is 5.82 Å². The number of carbonyl (C=O) groups excluding carboxylic acids is 1. The lowest BCUT2D eigenvalue weighted by Gasteiger charge is -2.00. The Morgan fingerprint density at radius 3 is 2.50 bits per heavy atom. The van der Waals surface area contributed by atoms with Gasteiger partial charge in [0.25, 0.3) is 5.24 Å². The highest BCUT2D eigenvalue weighted by molar-refractivity contribution is 6.67. The molecule has 2 aromatic rings. The summed E-state index contributed by atoms with van der Waals surface area (Å²) in [5.41, 5.74) is 2.03. The monoisotopic (exact) mass is 233 g/mol. The van der Waals surface area contributed by atoms with Crippen molar-refractivity contribution < 1.29 is 4.79 Å². The molecule has 0 saturated carbocycles. The smallest absolute Gasteiger partial charge is 0.255 e. The highest BCUT2D eigenvalue weighted by Crippen LogP contribution is 2.12. The van der Waals surface area contributed by atoms with Crippen LogP contribution in [0.25, 0.3) is 11.5 Å². The largest absolute Gasteiger partial charge is 0.275 e. The summed E-state index contributed by atoms with van der Waals surface area (Å²) in [6, 6.07) is 3.76. The van der Waals surface area contributed by atoms with E-state index in [2.05, 4.69) is 15.0 Å². The van der Waals surface area contributed by atoms with Crippen molar-refractivity contribution in [3.05, 3.63) is 41.9 Å². The van der Waals surface area contributed by atoms with Crippen molar-refractivity contribution in [2.75, 3.05) is 0 Å². The molecular weight excluding hydrogens is 226 g/mol. The average Bonchev–Trinajstić information content (AvgIpc) is 2.29. The van der Waals surface area contributed by atoms with Crippen LogP contribution in [0.5, 0.6) is 0 Å². The van der Waals surface area contributed by atoms with Crippen LogP contribution in [-0.2, 0) is 0 Å². The molecule has 16 heavy (non-hydrogen) atoms. The fourth-order valence-electron chi connectivity index (χ4n) is 1.22. The van der Waals surface area contributed by atoms with Crippen molar-refractivity contribution >= 4 is 16.8 Å². The third-order valence-corrected chi connectivity index (χ3v) is 2.24. The van der Waals surface area contributed by atoms with Gasteiger partial charge in [-0.15, -0.1) is 0 Å². The van der Waals surface area contributed by atoms with Crippen LogP contribution in [0.15, 0.2) is 30.7 Å². The molecule has 0 fully saturated rings. The van der Waals surface area contributed by atoms with Crippen LogP contribution in [0.2, 0.25) is 0 Å². The van der Waals surface area contributed by atoms with Gasteiger partial charge in [0.05, 0.1) is 5.56 Å². The minimum atomic E-state index is -0.566. The van der Waals surface area contributed by atoms with Gasteiger partial charge >= 0.3 is 0 Å². The summed E-state index contributed by atoms with van der Waals surface area (Å²) in [4.78, 5) is 23.0. The lowest BCUT2D eigenvalue weighted by atomic mass is 10.2. The standard InChI is InChI=1S/C11H8ClN3O/c1-7-2-3-13-9(4-7)11-14-5-8(6-15-11)10(12)16/h2-6H,1H3. The van der Waals surface area contributed by atoms with E-state index in [9.17, 15) is 4.79 Å². The van der Waals surface area contributed by atoms with Gasteiger partial charge in [-0.3, -0.25) is 9.78 Å². The zero-order valence-corrected chi connectivity index (χ0v) is 9.27. The molecule has 0 spiro atoms. The Balaban J connectivity index is 2.38. The summed E-state index contributed by atoms with van der Waals surface area (Å²) >= 11 is 5.29. The number of rotatable bonds is 2. The number of aryl methyl sites for hydroxylation is 1. The van der Waals surface area contributed by atoms with Crippen molar-refractivity contribution in [3.63, 3.8) is 0 Å². The minimum Gasteiger partial charge on any atom is -0.275 e. The van der Waals surface area contributed by atoms with Gasteiger partial charge in [-0.2, -0.15) is 0 Å². The highest BCUT2D eigenvalue weighted by atomic mass is 35.5. The van der Waals surface area contributed by atoms with E-state index in [1.165, 1.54) is 12.4 Å². The second kappa shape index (κ2) is 4.37. The molecule has 5 heteroatoms. The van der Waals surface area contributed by atoms with Gasteiger partial charge in [-0.1, -0.05) is 0 Å². The Labute approximate surface area is 97.3 Å². The molecule has 0 atom stereocenters. The van der Waals surface area contributed by atoms with E-state index >= 15 is 0 Å². The van der Waals surface area contributed by atoms with E-state index in [4.69, 9.17) is 11.6 Å². The quantitative estimate of drug-likeness (QED) is 0.747. The molecule has 0 aliphatic rings. The van der Waals surface area contributed by atoms with Gasteiger partial charge in [0.1, 0.15) is 5.69 Å². The maximum absolute atomic E-state index is 10.8. The van der Waals surface area contributed by atoms with Crippen LogP contribution < -0.4 is 0 Å². The van der Waals surface area contributed by atoms with Crippen molar-refractivity contribution in [1.29, 1.82) is 0 Å². The Morgan fingerprint density at radius 2 is 1.94 bits per heavy atom. The molecule has 0 radical (unpaired) electrons. The van der Waals surface area contributed by atoms with Crippen LogP contribution in [0, 0.1) is 6.92 Å². The van der Waals surface area contributed by atoms with Gasteiger partial charge in [0.2, 0.25) is 0 Å². The lowest BCUT2D eigenvalue weighted by molar-refractivity contribution is 0.108. The molecule has 0 aliphatic carbocycles. The molecule has 2 rings (SSSR count). The van der Waals surface area contributed by atoms with Gasteiger partial charge < -0.3 is 0 Å². The minimum absolute atomic E-state index is 0.276. The number of aromatic nitrogens is 3. The summed E-state index contributed by atoms with van der Waals surface area (Å²) in [5.74, 6) is 0.477. The summed E-state index contributed by atoms with van der Waals surface area (Å²) in [5, 5.41) is -0.566. The summed E-state index contributed by atoms with van der Waals surface area (Å²) < 4.78 is 0. The lowest BCUT2D eigenvalue weighted by Crippen LogP contribution is -1.96. The molecule has 0 N–H and O–H groups in total. The second-order valence-corrected chi connectivity index (χ2v) is 3.63. The first-order chi connectivity index (χ1) is 7.66. The van der Waals surface area contributed by atoms with Crippen LogP contribution in [0.1, 0.15) is 15.9 Å². The Hall–Kier alpha value is -1.81. The zero-order valence-electron chi connectivity index (χ0n) is 8.51. The van der Waals surface area contributed by atoms with Crippen LogP contribution in [-0.4, -0.2) is 20.2 Å². The second-order valence-electron chi connectivity index (χ2n) is 3.29. The average molecular weight is 234 g/mol. The number of hydrogen-bond acceptors (Lipinski definition) is 4. The van der Waals surface area contributed by atoms with E-state index in [0.29, 0.717) is 11.5 Å². The molecule has 0 unspecified atom stereocenters.